The summed E-state index contributed by atoms with van der Waals surface area (Å²) in [5.41, 5.74) is 6.25. The second kappa shape index (κ2) is 2.92. The first-order valence-electron chi connectivity index (χ1n) is 3.23. The Morgan fingerprint density at radius 1 is 1.73 bits per heavy atom. The van der Waals surface area contributed by atoms with Gasteiger partial charge >= 0.3 is 0 Å². The van der Waals surface area contributed by atoms with E-state index in [9.17, 15) is 4.79 Å². The SMILES string of the molecule is CNC(=O)c1cc(N)c(C)s1. The lowest BCUT2D eigenvalue weighted by molar-refractivity contribution is 0.0967. The van der Waals surface area contributed by atoms with E-state index in [1.165, 1.54) is 11.3 Å². The molecule has 0 radical (unpaired) electrons. The van der Waals surface area contributed by atoms with Crippen molar-refractivity contribution in [3.05, 3.63) is 15.8 Å². The molecule has 1 rings (SSSR count). The number of carbonyl (C=O) groups excluding carboxylic acids is 1. The maximum Gasteiger partial charge on any atom is 0.261 e. The summed E-state index contributed by atoms with van der Waals surface area (Å²) in [5, 5.41) is 2.54. The molecule has 1 aromatic heterocycles. The first-order valence-corrected chi connectivity index (χ1v) is 4.04. The smallest absolute Gasteiger partial charge is 0.261 e. The number of rotatable bonds is 1. The first kappa shape index (κ1) is 8.07. The largest absolute Gasteiger partial charge is 0.398 e. The van der Waals surface area contributed by atoms with Crippen LogP contribution < -0.4 is 11.1 Å². The van der Waals surface area contributed by atoms with E-state index in [0.717, 1.165) is 4.88 Å². The van der Waals surface area contributed by atoms with Crippen molar-refractivity contribution >= 4 is 22.9 Å². The van der Waals surface area contributed by atoms with Crippen LogP contribution in [0.5, 0.6) is 0 Å². The molecule has 3 nitrogen and oxygen atoms in total. The molecule has 0 unspecified atom stereocenters. The number of thiophene rings is 1. The average Bonchev–Trinajstić information content (AvgIpc) is 2.31. The van der Waals surface area contributed by atoms with Gasteiger partial charge in [0.1, 0.15) is 0 Å². The molecule has 60 valence electrons. The van der Waals surface area contributed by atoms with Crippen molar-refractivity contribution in [3.63, 3.8) is 0 Å². The van der Waals surface area contributed by atoms with Gasteiger partial charge in [-0.1, -0.05) is 0 Å². The summed E-state index contributed by atoms with van der Waals surface area (Å²) >= 11 is 1.41. The second-order valence-electron chi connectivity index (χ2n) is 2.20. The highest BCUT2D eigenvalue weighted by Gasteiger charge is 2.07. The van der Waals surface area contributed by atoms with Crippen LogP contribution in [0, 0.1) is 6.92 Å². The van der Waals surface area contributed by atoms with Crippen molar-refractivity contribution < 1.29 is 4.79 Å². The molecular formula is C7H10N2OS. The van der Waals surface area contributed by atoms with Crippen molar-refractivity contribution in [2.45, 2.75) is 6.92 Å². The van der Waals surface area contributed by atoms with Crippen LogP contribution in [-0.4, -0.2) is 13.0 Å². The molecule has 11 heavy (non-hydrogen) atoms. The van der Waals surface area contributed by atoms with Crippen molar-refractivity contribution in [2.24, 2.45) is 0 Å². The number of amides is 1. The number of hydrogen-bond acceptors (Lipinski definition) is 3. The number of anilines is 1. The third-order valence-corrected chi connectivity index (χ3v) is 2.47. The average molecular weight is 170 g/mol. The third kappa shape index (κ3) is 1.51. The molecule has 0 bridgehead atoms. The highest BCUT2D eigenvalue weighted by atomic mass is 32.1. The van der Waals surface area contributed by atoms with Gasteiger partial charge in [-0.2, -0.15) is 0 Å². The van der Waals surface area contributed by atoms with Gasteiger partial charge in [-0.15, -0.1) is 11.3 Å². The molecule has 0 saturated carbocycles. The molecule has 0 spiro atoms. The van der Waals surface area contributed by atoms with Crippen LogP contribution in [-0.2, 0) is 0 Å². The van der Waals surface area contributed by atoms with E-state index in [4.69, 9.17) is 5.73 Å². The predicted octanol–water partition coefficient (Wildman–Crippen LogP) is 0.998. The molecule has 0 aromatic carbocycles. The minimum Gasteiger partial charge on any atom is -0.398 e. The number of aryl methyl sites for hydroxylation is 1. The van der Waals surface area contributed by atoms with E-state index in [1.807, 2.05) is 6.92 Å². The Morgan fingerprint density at radius 2 is 2.36 bits per heavy atom. The fourth-order valence-electron chi connectivity index (χ4n) is 0.731. The van der Waals surface area contributed by atoms with Crippen molar-refractivity contribution in [1.82, 2.24) is 5.32 Å². The van der Waals surface area contributed by atoms with Crippen molar-refractivity contribution in [2.75, 3.05) is 12.8 Å². The number of hydrogen-bond donors (Lipinski definition) is 2. The standard InChI is InChI=1S/C7H10N2OS/c1-4-5(8)3-6(11-4)7(10)9-2/h3H,8H2,1-2H3,(H,9,10). The van der Waals surface area contributed by atoms with Crippen molar-refractivity contribution in [1.29, 1.82) is 0 Å². The zero-order chi connectivity index (χ0) is 8.43. The highest BCUT2D eigenvalue weighted by Crippen LogP contribution is 2.22. The Hall–Kier alpha value is -1.03. The summed E-state index contributed by atoms with van der Waals surface area (Å²) in [6.45, 7) is 1.90. The lowest BCUT2D eigenvalue weighted by atomic mass is 10.4. The minimum absolute atomic E-state index is 0.0743. The molecule has 0 fully saturated rings. The molecule has 3 N–H and O–H groups in total. The lowest BCUT2D eigenvalue weighted by Crippen LogP contribution is -2.16. The maximum absolute atomic E-state index is 11.0. The third-order valence-electron chi connectivity index (χ3n) is 1.41. The molecule has 0 aliphatic rings. The summed E-state index contributed by atoms with van der Waals surface area (Å²) in [5.74, 6) is -0.0743. The fraction of sp³-hybridized carbons (Fsp3) is 0.286. The van der Waals surface area contributed by atoms with E-state index in [2.05, 4.69) is 5.32 Å². The first-order chi connectivity index (χ1) is 5.15. The Balaban J connectivity index is 2.97. The van der Waals surface area contributed by atoms with Crippen LogP contribution in [0.25, 0.3) is 0 Å². The van der Waals surface area contributed by atoms with Crippen molar-refractivity contribution in [3.8, 4) is 0 Å². The minimum atomic E-state index is -0.0743. The monoisotopic (exact) mass is 170 g/mol. The normalized spacial score (nSPS) is 9.64. The number of nitrogens with one attached hydrogen (secondary N) is 1. The lowest BCUT2D eigenvalue weighted by Gasteiger charge is -1.91. The van der Waals surface area contributed by atoms with E-state index >= 15 is 0 Å². The van der Waals surface area contributed by atoms with Gasteiger partial charge in [0.15, 0.2) is 0 Å². The molecule has 0 aliphatic heterocycles. The number of carbonyl (C=O) groups is 1. The Kier molecular flexibility index (Phi) is 2.14. The number of nitrogens with two attached hydrogens (primary N) is 1. The van der Waals surface area contributed by atoms with Gasteiger partial charge in [0.25, 0.3) is 5.91 Å². The summed E-state index contributed by atoms with van der Waals surface area (Å²) < 4.78 is 0. The molecule has 1 amide bonds. The molecular weight excluding hydrogens is 160 g/mol. The highest BCUT2D eigenvalue weighted by molar-refractivity contribution is 7.14. The van der Waals surface area contributed by atoms with E-state index in [-0.39, 0.29) is 5.91 Å². The summed E-state index contributed by atoms with van der Waals surface area (Å²) in [4.78, 5) is 12.7. The topological polar surface area (TPSA) is 55.1 Å². The van der Waals surface area contributed by atoms with Crippen LogP contribution in [0.3, 0.4) is 0 Å². The van der Waals surface area contributed by atoms with Crippen LogP contribution in [0.15, 0.2) is 6.07 Å². The number of nitrogen functional groups attached to an aromatic ring is 1. The maximum atomic E-state index is 11.0. The van der Waals surface area contributed by atoms with Crippen LogP contribution in [0.4, 0.5) is 5.69 Å². The predicted molar refractivity (Wildman–Crippen MR) is 46.9 cm³/mol. The molecule has 1 heterocycles. The Bertz CT molecular complexity index is 260. The molecule has 0 saturated heterocycles. The second-order valence-corrected chi connectivity index (χ2v) is 3.46. The molecule has 4 heteroatoms. The van der Waals surface area contributed by atoms with E-state index < -0.39 is 0 Å². The summed E-state index contributed by atoms with van der Waals surface area (Å²) in [6, 6.07) is 1.69. The molecule has 1 aromatic rings. The van der Waals surface area contributed by atoms with Crippen LogP contribution >= 0.6 is 11.3 Å². The van der Waals surface area contributed by atoms with Gasteiger partial charge in [0, 0.05) is 17.6 Å². The Morgan fingerprint density at radius 3 is 2.73 bits per heavy atom. The fourth-order valence-corrected chi connectivity index (χ4v) is 1.62. The van der Waals surface area contributed by atoms with Gasteiger partial charge < -0.3 is 11.1 Å². The molecule has 0 atom stereocenters. The zero-order valence-corrected chi connectivity index (χ0v) is 7.29. The van der Waals surface area contributed by atoms with Crippen LogP contribution in [0.2, 0.25) is 0 Å². The van der Waals surface area contributed by atoms with Crippen LogP contribution in [0.1, 0.15) is 14.5 Å². The van der Waals surface area contributed by atoms with E-state index in [0.29, 0.717) is 10.6 Å². The van der Waals surface area contributed by atoms with Gasteiger partial charge in [0.2, 0.25) is 0 Å². The van der Waals surface area contributed by atoms with E-state index in [1.54, 1.807) is 13.1 Å². The van der Waals surface area contributed by atoms with Gasteiger partial charge in [0.05, 0.1) is 4.88 Å². The van der Waals surface area contributed by atoms with Gasteiger partial charge in [-0.25, -0.2) is 0 Å². The quantitative estimate of drug-likeness (QED) is 0.660. The Labute approximate surface area is 69.2 Å². The summed E-state index contributed by atoms with van der Waals surface area (Å²) in [6.07, 6.45) is 0. The van der Waals surface area contributed by atoms with Gasteiger partial charge in [-0.3, -0.25) is 4.79 Å². The summed E-state index contributed by atoms with van der Waals surface area (Å²) in [7, 11) is 1.60. The van der Waals surface area contributed by atoms with Gasteiger partial charge in [-0.05, 0) is 13.0 Å². The zero-order valence-electron chi connectivity index (χ0n) is 6.47. The molecule has 0 aliphatic carbocycles.